The van der Waals surface area contributed by atoms with Crippen molar-refractivity contribution in [2.24, 2.45) is 0 Å². The van der Waals surface area contributed by atoms with Gasteiger partial charge >= 0.3 is 6.09 Å². The monoisotopic (exact) mass is 559 g/mol. The van der Waals surface area contributed by atoms with Gasteiger partial charge in [0.05, 0.1) is 49.1 Å². The van der Waals surface area contributed by atoms with Gasteiger partial charge in [-0.3, -0.25) is 15.1 Å². The quantitative estimate of drug-likeness (QED) is 0.427. The molecule has 2 amide bonds. The second kappa shape index (κ2) is 10.5. The lowest BCUT2D eigenvalue weighted by atomic mass is 10.1. The van der Waals surface area contributed by atoms with E-state index in [1.807, 2.05) is 19.1 Å². The second-order valence-corrected chi connectivity index (χ2v) is 10.6. The Hall–Kier alpha value is -3.02. The Morgan fingerprint density at radius 1 is 1.28 bits per heavy atom. The molecule has 2 N–H and O–H groups in total. The number of ether oxygens (including phenoxy) is 3. The van der Waals surface area contributed by atoms with Crippen molar-refractivity contribution in [1.82, 2.24) is 19.9 Å². The molecule has 0 bridgehead atoms. The lowest BCUT2D eigenvalue weighted by Crippen LogP contribution is -2.41. The van der Waals surface area contributed by atoms with E-state index in [1.54, 1.807) is 45.0 Å². The third-order valence-corrected chi connectivity index (χ3v) is 6.11. The van der Waals surface area contributed by atoms with Crippen molar-refractivity contribution < 1.29 is 23.8 Å². The third-order valence-electron chi connectivity index (χ3n) is 5.65. The van der Waals surface area contributed by atoms with Crippen molar-refractivity contribution in [1.29, 1.82) is 0 Å². The molecule has 0 aromatic carbocycles. The number of carbonyl (C=O) groups excluding carboxylic acids is 2. The fraction of sp³-hybridized carbons (Fsp3) is 0.440. The molecular formula is C25H30BrN5O5. The van der Waals surface area contributed by atoms with Crippen LogP contribution >= 0.6 is 15.9 Å². The van der Waals surface area contributed by atoms with Crippen molar-refractivity contribution in [2.75, 3.05) is 19.0 Å². The highest BCUT2D eigenvalue weighted by molar-refractivity contribution is 9.10. The first-order valence-corrected chi connectivity index (χ1v) is 12.4. The minimum atomic E-state index is -0.645. The van der Waals surface area contributed by atoms with Crippen molar-refractivity contribution >= 4 is 44.8 Å². The molecular weight excluding hydrogens is 530 g/mol. The van der Waals surface area contributed by atoms with Crippen molar-refractivity contribution in [3.63, 3.8) is 0 Å². The number of hydrogen-bond acceptors (Lipinski definition) is 7. The van der Waals surface area contributed by atoms with Crippen LogP contribution in [-0.4, -0.2) is 57.2 Å². The van der Waals surface area contributed by atoms with Gasteiger partial charge in [0, 0.05) is 28.9 Å². The summed E-state index contributed by atoms with van der Waals surface area (Å²) in [4.78, 5) is 40.1. The van der Waals surface area contributed by atoms with Crippen LogP contribution in [0.2, 0.25) is 0 Å². The predicted octanol–water partition coefficient (Wildman–Crippen LogP) is 4.77. The van der Waals surface area contributed by atoms with Gasteiger partial charge in [-0.1, -0.05) is 0 Å². The van der Waals surface area contributed by atoms with E-state index in [9.17, 15) is 9.59 Å². The Morgan fingerprint density at radius 3 is 2.69 bits per heavy atom. The van der Waals surface area contributed by atoms with Gasteiger partial charge in [-0.15, -0.1) is 0 Å². The van der Waals surface area contributed by atoms with Gasteiger partial charge in [-0.2, -0.15) is 0 Å². The average Bonchev–Trinajstić information content (AvgIpc) is 3.44. The van der Waals surface area contributed by atoms with Crippen LogP contribution in [0.4, 0.5) is 10.6 Å². The van der Waals surface area contributed by atoms with Gasteiger partial charge in [0.1, 0.15) is 17.1 Å². The smallest absolute Gasteiger partial charge is 0.413 e. The summed E-state index contributed by atoms with van der Waals surface area (Å²) in [6, 6.07) is 5.25. The van der Waals surface area contributed by atoms with Crippen LogP contribution in [0.1, 0.15) is 55.0 Å². The minimum Gasteiger partial charge on any atom is -0.444 e. The number of hydrogen-bond donors (Lipinski definition) is 2. The van der Waals surface area contributed by atoms with Crippen molar-refractivity contribution in [3.8, 4) is 0 Å². The number of rotatable bonds is 7. The molecule has 0 spiro atoms. The van der Waals surface area contributed by atoms with Crippen LogP contribution in [0, 0.1) is 0 Å². The maximum Gasteiger partial charge on any atom is 0.413 e. The summed E-state index contributed by atoms with van der Waals surface area (Å²) in [6.45, 7) is 8.63. The van der Waals surface area contributed by atoms with Crippen LogP contribution in [0.25, 0.3) is 11.0 Å². The fourth-order valence-corrected chi connectivity index (χ4v) is 4.26. The summed E-state index contributed by atoms with van der Waals surface area (Å²) < 4.78 is 17.2. The maximum atomic E-state index is 13.7. The molecule has 0 saturated heterocycles. The largest absolute Gasteiger partial charge is 0.444 e. The molecule has 36 heavy (non-hydrogen) atoms. The van der Waals surface area contributed by atoms with Crippen LogP contribution in [-0.2, 0) is 34.0 Å². The molecule has 11 heteroatoms. The Kier molecular flexibility index (Phi) is 7.62. The van der Waals surface area contributed by atoms with Gasteiger partial charge in [-0.25, -0.2) is 9.78 Å². The standard InChI is InChI=1S/C25H30BrN5O5/c1-14(11-34-5)31(10-16-7-6-15(26)9-27-16)23(32)20-8-19-21(28-20)17-12-35-13-18(17)22(29-19)30-24(33)36-25(2,3)4/h6-9,14,28H,10-13H2,1-5H3,(H,29,30,33)/t14-/m1/s1. The molecule has 3 aromatic heterocycles. The number of anilines is 1. The lowest BCUT2D eigenvalue weighted by Gasteiger charge is -2.28. The van der Waals surface area contributed by atoms with E-state index < -0.39 is 11.7 Å². The molecule has 0 radical (unpaired) electrons. The number of fused-ring (bicyclic) bond motifs is 3. The predicted molar refractivity (Wildman–Crippen MR) is 138 cm³/mol. The fourth-order valence-electron chi connectivity index (χ4n) is 4.02. The van der Waals surface area contributed by atoms with Crippen LogP contribution < -0.4 is 5.32 Å². The van der Waals surface area contributed by atoms with E-state index in [0.717, 1.165) is 21.3 Å². The van der Waals surface area contributed by atoms with E-state index in [1.165, 1.54) is 0 Å². The average molecular weight is 560 g/mol. The molecule has 1 atom stereocenters. The maximum absolute atomic E-state index is 13.7. The lowest BCUT2D eigenvalue weighted by molar-refractivity contribution is 0.0533. The number of pyridine rings is 2. The molecule has 4 rings (SSSR count). The Bertz CT molecular complexity index is 1270. The van der Waals surface area contributed by atoms with Gasteiger partial charge in [0.25, 0.3) is 5.91 Å². The molecule has 10 nitrogen and oxygen atoms in total. The van der Waals surface area contributed by atoms with E-state index >= 15 is 0 Å². The SMILES string of the molecule is COC[C@@H](C)N(Cc1ccc(Br)cn1)C(=O)c1cc2nc(NC(=O)OC(C)(C)C)c3c(c2[nH]1)COC3. The number of halogens is 1. The number of carbonyl (C=O) groups is 2. The highest BCUT2D eigenvalue weighted by atomic mass is 79.9. The molecule has 3 aromatic rings. The summed E-state index contributed by atoms with van der Waals surface area (Å²) in [5.41, 5.74) is 3.36. The molecule has 4 heterocycles. The second-order valence-electron chi connectivity index (χ2n) is 9.69. The van der Waals surface area contributed by atoms with Crippen molar-refractivity contribution in [3.05, 3.63) is 51.4 Å². The van der Waals surface area contributed by atoms with Crippen LogP contribution in [0.15, 0.2) is 28.9 Å². The first-order chi connectivity index (χ1) is 17.1. The molecule has 0 fully saturated rings. The zero-order valence-electron chi connectivity index (χ0n) is 21.0. The summed E-state index contributed by atoms with van der Waals surface area (Å²) >= 11 is 3.39. The van der Waals surface area contributed by atoms with Gasteiger partial charge in [-0.05, 0) is 61.8 Å². The summed E-state index contributed by atoms with van der Waals surface area (Å²) in [6.07, 6.45) is 1.10. The molecule has 1 aliphatic rings. The first-order valence-electron chi connectivity index (χ1n) is 11.6. The zero-order valence-corrected chi connectivity index (χ0v) is 22.6. The summed E-state index contributed by atoms with van der Waals surface area (Å²) in [7, 11) is 1.60. The molecule has 1 aliphatic heterocycles. The first kappa shape index (κ1) is 26.1. The van der Waals surface area contributed by atoms with Gasteiger partial charge in [0.2, 0.25) is 0 Å². The number of H-pyrrole nitrogens is 1. The van der Waals surface area contributed by atoms with E-state index in [-0.39, 0.29) is 11.9 Å². The van der Waals surface area contributed by atoms with Crippen LogP contribution in [0.3, 0.4) is 0 Å². The summed E-state index contributed by atoms with van der Waals surface area (Å²) in [5, 5.41) is 2.73. The molecule has 0 saturated carbocycles. The van der Waals surface area contributed by atoms with Gasteiger partial charge < -0.3 is 24.1 Å². The highest BCUT2D eigenvalue weighted by Crippen LogP contribution is 2.33. The normalized spacial score (nSPS) is 13.9. The number of aromatic nitrogens is 3. The molecule has 192 valence electrons. The van der Waals surface area contributed by atoms with E-state index in [2.05, 4.69) is 36.2 Å². The van der Waals surface area contributed by atoms with Gasteiger partial charge in [0.15, 0.2) is 0 Å². The Morgan fingerprint density at radius 2 is 2.03 bits per heavy atom. The van der Waals surface area contributed by atoms with E-state index in [0.29, 0.717) is 48.9 Å². The summed E-state index contributed by atoms with van der Waals surface area (Å²) in [5.74, 6) is 0.155. The minimum absolute atomic E-state index is 0.203. The van der Waals surface area contributed by atoms with Crippen molar-refractivity contribution in [2.45, 2.75) is 59.1 Å². The van der Waals surface area contributed by atoms with Crippen LogP contribution in [0.5, 0.6) is 0 Å². The van der Waals surface area contributed by atoms with E-state index in [4.69, 9.17) is 14.2 Å². The topological polar surface area (TPSA) is 119 Å². The number of nitrogens with zero attached hydrogens (tertiary/aromatic N) is 3. The molecule has 0 aliphatic carbocycles. The third kappa shape index (κ3) is 5.85. The number of amides is 2. The zero-order chi connectivity index (χ0) is 26.0. The molecule has 0 unspecified atom stereocenters. The highest BCUT2D eigenvalue weighted by Gasteiger charge is 2.28. The Balaban J connectivity index is 1.67. The number of aromatic amines is 1. The Labute approximate surface area is 217 Å². The number of nitrogens with one attached hydrogen (secondary N) is 2. The number of methoxy groups -OCH3 is 1.